The molecule has 1 fully saturated rings. The van der Waals surface area contributed by atoms with E-state index in [1.165, 1.54) is 0 Å². The van der Waals surface area contributed by atoms with Gasteiger partial charge < -0.3 is 15.4 Å². The van der Waals surface area contributed by atoms with Gasteiger partial charge in [-0.25, -0.2) is 4.98 Å². The lowest BCUT2D eigenvalue weighted by Crippen LogP contribution is -2.45. The molecule has 2 rings (SSSR count). The smallest absolute Gasteiger partial charge is 0.323 e. The van der Waals surface area contributed by atoms with Crippen LogP contribution in [0.1, 0.15) is 38.1 Å². The lowest BCUT2D eigenvalue weighted by molar-refractivity contribution is -0.143. The van der Waals surface area contributed by atoms with Crippen LogP contribution in [0.15, 0.2) is 12.4 Å². The molecule has 0 aliphatic heterocycles. The predicted molar refractivity (Wildman–Crippen MR) is 59.0 cm³/mol. The summed E-state index contributed by atoms with van der Waals surface area (Å²) in [5.74, 6) is 0.104. The molecule has 1 aromatic heterocycles. The van der Waals surface area contributed by atoms with Gasteiger partial charge in [-0.2, -0.15) is 0 Å². The van der Waals surface area contributed by atoms with E-state index in [-0.39, 0.29) is 6.04 Å². The highest BCUT2D eigenvalue weighted by Crippen LogP contribution is 2.36. The third kappa shape index (κ3) is 1.71. The summed E-state index contributed by atoms with van der Waals surface area (Å²) in [6.45, 7) is 2.04. The van der Waals surface area contributed by atoms with E-state index < -0.39 is 11.5 Å². The van der Waals surface area contributed by atoms with Crippen molar-refractivity contribution in [1.82, 2.24) is 9.55 Å². The van der Waals surface area contributed by atoms with E-state index in [4.69, 9.17) is 10.8 Å². The molecule has 0 aromatic carbocycles. The van der Waals surface area contributed by atoms with Gasteiger partial charge in [0.1, 0.15) is 11.4 Å². The van der Waals surface area contributed by atoms with E-state index in [1.807, 2.05) is 13.1 Å². The topological polar surface area (TPSA) is 81.1 Å². The van der Waals surface area contributed by atoms with Crippen molar-refractivity contribution in [3.63, 3.8) is 0 Å². The van der Waals surface area contributed by atoms with E-state index >= 15 is 0 Å². The first-order valence-corrected chi connectivity index (χ1v) is 5.61. The van der Waals surface area contributed by atoms with E-state index in [2.05, 4.69) is 9.55 Å². The molecule has 1 saturated carbocycles. The number of carboxylic acid groups (broad SMARTS) is 1. The lowest BCUT2D eigenvalue weighted by atomic mass is 9.99. The normalized spacial score (nSPS) is 29.5. The first-order valence-electron chi connectivity index (χ1n) is 5.61. The molecule has 2 unspecified atom stereocenters. The van der Waals surface area contributed by atoms with Crippen molar-refractivity contribution in [1.29, 1.82) is 0 Å². The van der Waals surface area contributed by atoms with Gasteiger partial charge >= 0.3 is 5.97 Å². The maximum atomic E-state index is 11.0. The molecule has 1 aliphatic rings. The Kier molecular flexibility index (Phi) is 2.71. The summed E-state index contributed by atoms with van der Waals surface area (Å²) in [6.07, 6.45) is 6.37. The maximum Gasteiger partial charge on any atom is 0.323 e. The number of hydrogen-bond donors (Lipinski definition) is 2. The zero-order chi connectivity index (χ0) is 11.8. The SMILES string of the molecule is CCc1nccn1C1CCC(N)(C(=O)O)C1. The molecule has 1 aromatic rings. The molecule has 88 valence electrons. The van der Waals surface area contributed by atoms with E-state index in [9.17, 15) is 4.79 Å². The highest BCUT2D eigenvalue weighted by molar-refractivity contribution is 5.78. The molecule has 0 bridgehead atoms. The van der Waals surface area contributed by atoms with Crippen molar-refractivity contribution in [3.05, 3.63) is 18.2 Å². The molecular weight excluding hydrogens is 206 g/mol. The number of nitrogens with two attached hydrogens (primary N) is 1. The van der Waals surface area contributed by atoms with Crippen LogP contribution in [0.3, 0.4) is 0 Å². The first kappa shape index (κ1) is 11.1. The Morgan fingerprint density at radius 1 is 1.81 bits per heavy atom. The van der Waals surface area contributed by atoms with Crippen LogP contribution in [0.25, 0.3) is 0 Å². The third-order valence-electron chi connectivity index (χ3n) is 3.41. The van der Waals surface area contributed by atoms with Gasteiger partial charge in [-0.15, -0.1) is 0 Å². The summed E-state index contributed by atoms with van der Waals surface area (Å²) < 4.78 is 2.07. The van der Waals surface area contributed by atoms with Crippen molar-refractivity contribution < 1.29 is 9.90 Å². The van der Waals surface area contributed by atoms with Crippen LogP contribution in [0.2, 0.25) is 0 Å². The van der Waals surface area contributed by atoms with Crippen LogP contribution in [-0.2, 0) is 11.2 Å². The molecule has 0 radical (unpaired) electrons. The predicted octanol–water partition coefficient (Wildman–Crippen LogP) is 0.953. The molecule has 0 saturated heterocycles. The average molecular weight is 223 g/mol. The van der Waals surface area contributed by atoms with Gasteiger partial charge in [0.2, 0.25) is 0 Å². The highest BCUT2D eigenvalue weighted by Gasteiger charge is 2.42. The van der Waals surface area contributed by atoms with Crippen molar-refractivity contribution in [2.75, 3.05) is 0 Å². The standard InChI is InChI=1S/C11H17N3O2/c1-2-9-13-5-6-14(9)8-3-4-11(12,7-8)10(15)16/h5-6,8H,2-4,7,12H2,1H3,(H,15,16). The largest absolute Gasteiger partial charge is 0.480 e. The van der Waals surface area contributed by atoms with E-state index in [1.54, 1.807) is 6.20 Å². The first-order chi connectivity index (χ1) is 7.57. The Morgan fingerprint density at radius 2 is 2.56 bits per heavy atom. The molecule has 5 nitrogen and oxygen atoms in total. The van der Waals surface area contributed by atoms with Crippen LogP contribution < -0.4 is 5.73 Å². The summed E-state index contributed by atoms with van der Waals surface area (Å²) >= 11 is 0. The second-order valence-corrected chi connectivity index (χ2v) is 4.46. The van der Waals surface area contributed by atoms with Gasteiger partial charge in [-0.3, -0.25) is 4.79 Å². The van der Waals surface area contributed by atoms with Gasteiger partial charge in [0, 0.05) is 24.9 Å². The maximum absolute atomic E-state index is 11.0. The average Bonchev–Trinajstić information content (AvgIpc) is 2.83. The zero-order valence-electron chi connectivity index (χ0n) is 9.39. The van der Waals surface area contributed by atoms with Gasteiger partial charge in [0.15, 0.2) is 0 Å². The quantitative estimate of drug-likeness (QED) is 0.799. The number of rotatable bonds is 3. The number of nitrogens with zero attached hydrogens (tertiary/aromatic N) is 2. The Bertz CT molecular complexity index is 402. The number of aliphatic carboxylic acids is 1. The molecule has 16 heavy (non-hydrogen) atoms. The van der Waals surface area contributed by atoms with Crippen LogP contribution in [-0.4, -0.2) is 26.2 Å². The molecule has 0 amide bonds. The Hall–Kier alpha value is -1.36. The fourth-order valence-corrected chi connectivity index (χ4v) is 2.43. The molecule has 0 spiro atoms. The van der Waals surface area contributed by atoms with Crippen LogP contribution >= 0.6 is 0 Å². The number of aromatic nitrogens is 2. The molecule has 5 heteroatoms. The molecule has 1 heterocycles. The Morgan fingerprint density at radius 3 is 3.12 bits per heavy atom. The van der Waals surface area contributed by atoms with Crippen molar-refractivity contribution in [2.24, 2.45) is 5.73 Å². The van der Waals surface area contributed by atoms with Crippen molar-refractivity contribution in [3.8, 4) is 0 Å². The highest BCUT2D eigenvalue weighted by atomic mass is 16.4. The van der Waals surface area contributed by atoms with E-state index in [0.717, 1.165) is 18.7 Å². The van der Waals surface area contributed by atoms with Gasteiger partial charge in [0.25, 0.3) is 0 Å². The van der Waals surface area contributed by atoms with Crippen LogP contribution in [0.5, 0.6) is 0 Å². The number of aryl methyl sites for hydroxylation is 1. The molecule has 2 atom stereocenters. The van der Waals surface area contributed by atoms with E-state index in [0.29, 0.717) is 12.8 Å². The summed E-state index contributed by atoms with van der Waals surface area (Å²) in [7, 11) is 0. The fraction of sp³-hybridized carbons (Fsp3) is 0.636. The zero-order valence-corrected chi connectivity index (χ0v) is 9.39. The molecular formula is C11H17N3O2. The second kappa shape index (κ2) is 3.90. The monoisotopic (exact) mass is 223 g/mol. The summed E-state index contributed by atoms with van der Waals surface area (Å²) in [6, 6.07) is 0.179. The minimum absolute atomic E-state index is 0.179. The lowest BCUT2D eigenvalue weighted by Gasteiger charge is -2.19. The van der Waals surface area contributed by atoms with Gasteiger partial charge in [-0.1, -0.05) is 6.92 Å². The summed E-state index contributed by atoms with van der Waals surface area (Å²) in [5.41, 5.74) is 4.80. The van der Waals surface area contributed by atoms with Gasteiger partial charge in [0.05, 0.1) is 0 Å². The summed E-state index contributed by atoms with van der Waals surface area (Å²) in [4.78, 5) is 15.3. The van der Waals surface area contributed by atoms with Crippen LogP contribution in [0.4, 0.5) is 0 Å². The number of hydrogen-bond acceptors (Lipinski definition) is 3. The van der Waals surface area contributed by atoms with Crippen molar-refractivity contribution in [2.45, 2.75) is 44.2 Å². The molecule has 3 N–H and O–H groups in total. The number of carbonyl (C=O) groups is 1. The van der Waals surface area contributed by atoms with Crippen molar-refractivity contribution >= 4 is 5.97 Å². The second-order valence-electron chi connectivity index (χ2n) is 4.46. The summed E-state index contributed by atoms with van der Waals surface area (Å²) in [5, 5.41) is 9.06. The third-order valence-corrected chi connectivity index (χ3v) is 3.41. The minimum atomic E-state index is -1.06. The minimum Gasteiger partial charge on any atom is -0.480 e. The number of carboxylic acids is 1. The molecule has 1 aliphatic carbocycles. The van der Waals surface area contributed by atoms with Gasteiger partial charge in [-0.05, 0) is 19.3 Å². The Balaban J connectivity index is 2.18. The Labute approximate surface area is 94.3 Å². The van der Waals surface area contributed by atoms with Crippen LogP contribution in [0, 0.1) is 0 Å². The number of imidazole rings is 1. The fourth-order valence-electron chi connectivity index (χ4n) is 2.43.